The van der Waals surface area contributed by atoms with Gasteiger partial charge in [-0.15, -0.1) is 0 Å². The third-order valence-electron chi connectivity index (χ3n) is 3.51. The molecular weight excluding hydrogens is 200 g/mol. The van der Waals surface area contributed by atoms with Crippen LogP contribution < -0.4 is 10.2 Å². The number of rotatable bonds is 1. The van der Waals surface area contributed by atoms with Gasteiger partial charge in [-0.3, -0.25) is 0 Å². The van der Waals surface area contributed by atoms with Crippen LogP contribution in [0.4, 0.5) is 5.82 Å². The van der Waals surface area contributed by atoms with E-state index in [0.29, 0.717) is 5.54 Å². The van der Waals surface area contributed by atoms with Gasteiger partial charge in [0.25, 0.3) is 0 Å². The Labute approximate surface area is 96.1 Å². The molecule has 4 heteroatoms. The molecule has 1 aromatic rings. The van der Waals surface area contributed by atoms with Gasteiger partial charge in [0, 0.05) is 36.9 Å². The second-order valence-electron chi connectivity index (χ2n) is 5.04. The summed E-state index contributed by atoms with van der Waals surface area (Å²) in [5.41, 5.74) is 1.47. The first kappa shape index (κ1) is 10.0. The molecule has 16 heavy (non-hydrogen) atoms. The summed E-state index contributed by atoms with van der Waals surface area (Å²) >= 11 is 0. The van der Waals surface area contributed by atoms with Crippen molar-refractivity contribution in [2.75, 3.05) is 24.5 Å². The maximum Gasteiger partial charge on any atom is 0.132 e. The van der Waals surface area contributed by atoms with E-state index in [1.807, 2.05) is 13.8 Å². The van der Waals surface area contributed by atoms with Crippen LogP contribution in [0.5, 0.6) is 0 Å². The number of aryl methyl sites for hydroxylation is 2. The van der Waals surface area contributed by atoms with Crippen LogP contribution in [0, 0.1) is 13.8 Å². The van der Waals surface area contributed by atoms with E-state index in [0.717, 1.165) is 37.0 Å². The van der Waals surface area contributed by atoms with Gasteiger partial charge in [0.15, 0.2) is 0 Å². The largest absolute Gasteiger partial charge is 0.353 e. The molecule has 1 aliphatic heterocycles. The van der Waals surface area contributed by atoms with Gasteiger partial charge in [0.2, 0.25) is 0 Å². The first-order valence-corrected chi connectivity index (χ1v) is 5.99. The minimum atomic E-state index is 0.408. The van der Waals surface area contributed by atoms with Crippen molar-refractivity contribution in [2.45, 2.75) is 32.2 Å². The van der Waals surface area contributed by atoms with Crippen LogP contribution in [0.1, 0.15) is 24.4 Å². The Morgan fingerprint density at radius 1 is 1.31 bits per heavy atom. The number of anilines is 1. The normalized spacial score (nSPS) is 22.5. The van der Waals surface area contributed by atoms with Crippen molar-refractivity contribution in [1.82, 2.24) is 15.3 Å². The molecule has 1 aromatic heterocycles. The second kappa shape index (κ2) is 3.42. The standard InChI is InChI=1S/C12H18N4/c1-9-7-11(15-10(2)14-9)16-6-5-13-12(8-16)3-4-12/h7,13H,3-6,8H2,1-2H3. The summed E-state index contributed by atoms with van der Waals surface area (Å²) in [6, 6.07) is 2.09. The predicted molar refractivity (Wildman–Crippen MR) is 63.7 cm³/mol. The quantitative estimate of drug-likeness (QED) is 0.764. The minimum Gasteiger partial charge on any atom is -0.353 e. The molecule has 1 saturated carbocycles. The van der Waals surface area contributed by atoms with Gasteiger partial charge in [-0.05, 0) is 26.7 Å². The molecule has 1 saturated heterocycles. The zero-order chi connectivity index (χ0) is 11.2. The van der Waals surface area contributed by atoms with E-state index in [-0.39, 0.29) is 0 Å². The van der Waals surface area contributed by atoms with E-state index < -0.39 is 0 Å². The minimum absolute atomic E-state index is 0.408. The summed E-state index contributed by atoms with van der Waals surface area (Å²) in [6.07, 6.45) is 2.62. The first-order valence-electron chi connectivity index (χ1n) is 5.99. The van der Waals surface area contributed by atoms with Crippen molar-refractivity contribution in [3.05, 3.63) is 17.6 Å². The highest BCUT2D eigenvalue weighted by Gasteiger charge is 2.45. The Hall–Kier alpha value is -1.16. The van der Waals surface area contributed by atoms with Crippen LogP contribution in [0.25, 0.3) is 0 Å². The smallest absolute Gasteiger partial charge is 0.132 e. The monoisotopic (exact) mass is 218 g/mol. The van der Waals surface area contributed by atoms with E-state index in [9.17, 15) is 0 Å². The fraction of sp³-hybridized carbons (Fsp3) is 0.667. The van der Waals surface area contributed by atoms with E-state index in [2.05, 4.69) is 26.3 Å². The van der Waals surface area contributed by atoms with Crippen LogP contribution in [-0.2, 0) is 0 Å². The molecule has 3 rings (SSSR count). The van der Waals surface area contributed by atoms with Gasteiger partial charge in [-0.1, -0.05) is 0 Å². The number of hydrogen-bond acceptors (Lipinski definition) is 4. The molecule has 0 radical (unpaired) electrons. The summed E-state index contributed by atoms with van der Waals surface area (Å²) in [7, 11) is 0. The molecule has 4 nitrogen and oxygen atoms in total. The molecule has 0 atom stereocenters. The summed E-state index contributed by atoms with van der Waals surface area (Å²) in [4.78, 5) is 11.3. The Balaban J connectivity index is 1.85. The highest BCUT2D eigenvalue weighted by atomic mass is 15.3. The van der Waals surface area contributed by atoms with E-state index in [1.165, 1.54) is 12.8 Å². The Bertz CT molecular complexity index is 391. The van der Waals surface area contributed by atoms with Gasteiger partial charge < -0.3 is 10.2 Å². The predicted octanol–water partition coefficient (Wildman–Crippen LogP) is 1.04. The first-order chi connectivity index (χ1) is 7.67. The molecule has 2 aliphatic rings. The zero-order valence-corrected chi connectivity index (χ0v) is 9.95. The van der Waals surface area contributed by atoms with Crippen molar-refractivity contribution < 1.29 is 0 Å². The van der Waals surface area contributed by atoms with Gasteiger partial charge >= 0.3 is 0 Å². The molecule has 1 aliphatic carbocycles. The lowest BCUT2D eigenvalue weighted by Crippen LogP contribution is -2.52. The number of aromatic nitrogens is 2. The number of hydrogen-bond donors (Lipinski definition) is 1. The van der Waals surface area contributed by atoms with Crippen LogP contribution >= 0.6 is 0 Å². The molecule has 2 heterocycles. The number of nitrogens with zero attached hydrogens (tertiary/aromatic N) is 3. The van der Waals surface area contributed by atoms with Gasteiger partial charge in [0.1, 0.15) is 11.6 Å². The summed E-state index contributed by atoms with van der Waals surface area (Å²) in [5.74, 6) is 1.97. The second-order valence-corrected chi connectivity index (χ2v) is 5.04. The summed E-state index contributed by atoms with van der Waals surface area (Å²) in [5, 5.41) is 3.61. The SMILES string of the molecule is Cc1cc(N2CCNC3(CC3)C2)nc(C)n1. The van der Waals surface area contributed by atoms with Gasteiger partial charge in [0.05, 0.1) is 0 Å². The van der Waals surface area contributed by atoms with E-state index in [4.69, 9.17) is 0 Å². The zero-order valence-electron chi connectivity index (χ0n) is 9.95. The Kier molecular flexibility index (Phi) is 2.14. The van der Waals surface area contributed by atoms with Gasteiger partial charge in [-0.25, -0.2) is 9.97 Å². The lowest BCUT2D eigenvalue weighted by molar-refractivity contribution is 0.440. The van der Waals surface area contributed by atoms with Crippen molar-refractivity contribution in [1.29, 1.82) is 0 Å². The van der Waals surface area contributed by atoms with Crippen LogP contribution in [0.3, 0.4) is 0 Å². The third kappa shape index (κ3) is 1.78. The molecule has 0 bridgehead atoms. The maximum absolute atomic E-state index is 4.54. The number of nitrogens with one attached hydrogen (secondary N) is 1. The fourth-order valence-electron chi connectivity index (χ4n) is 2.50. The van der Waals surface area contributed by atoms with Crippen molar-refractivity contribution >= 4 is 5.82 Å². The van der Waals surface area contributed by atoms with E-state index >= 15 is 0 Å². The molecule has 86 valence electrons. The molecular formula is C12H18N4. The third-order valence-corrected chi connectivity index (χ3v) is 3.51. The lowest BCUT2D eigenvalue weighted by atomic mass is 10.2. The highest BCUT2D eigenvalue weighted by molar-refractivity contribution is 5.42. The summed E-state index contributed by atoms with van der Waals surface area (Å²) < 4.78 is 0. The molecule has 1 spiro atoms. The Morgan fingerprint density at radius 3 is 2.81 bits per heavy atom. The average Bonchev–Trinajstić information content (AvgIpc) is 2.96. The maximum atomic E-state index is 4.54. The fourth-order valence-corrected chi connectivity index (χ4v) is 2.50. The molecule has 0 aromatic carbocycles. The highest BCUT2D eigenvalue weighted by Crippen LogP contribution is 2.38. The van der Waals surface area contributed by atoms with Crippen LogP contribution in [0.15, 0.2) is 6.07 Å². The molecule has 2 fully saturated rings. The van der Waals surface area contributed by atoms with E-state index in [1.54, 1.807) is 0 Å². The Morgan fingerprint density at radius 2 is 2.12 bits per heavy atom. The topological polar surface area (TPSA) is 41.0 Å². The average molecular weight is 218 g/mol. The lowest BCUT2D eigenvalue weighted by Gasteiger charge is -2.35. The van der Waals surface area contributed by atoms with Crippen molar-refractivity contribution in [3.63, 3.8) is 0 Å². The van der Waals surface area contributed by atoms with Crippen LogP contribution in [-0.4, -0.2) is 35.1 Å². The van der Waals surface area contributed by atoms with Gasteiger partial charge in [-0.2, -0.15) is 0 Å². The number of piperazine rings is 1. The van der Waals surface area contributed by atoms with Crippen LogP contribution in [0.2, 0.25) is 0 Å². The van der Waals surface area contributed by atoms with Crippen molar-refractivity contribution in [3.8, 4) is 0 Å². The van der Waals surface area contributed by atoms with Crippen molar-refractivity contribution in [2.24, 2.45) is 0 Å². The molecule has 1 N–H and O–H groups in total. The summed E-state index contributed by atoms with van der Waals surface area (Å²) in [6.45, 7) is 7.22. The molecule has 0 unspecified atom stereocenters. The molecule has 0 amide bonds.